The fraction of sp³-hybridized carbons (Fsp3) is 0.125. The second-order valence-corrected chi connectivity index (χ2v) is 3.99. The molecule has 6 heteroatoms. The van der Waals surface area contributed by atoms with Crippen molar-refractivity contribution in [2.24, 2.45) is 0 Å². The fourth-order valence-corrected chi connectivity index (χ4v) is 1.52. The summed E-state index contributed by atoms with van der Waals surface area (Å²) < 4.78 is 8.96. The highest BCUT2D eigenvalue weighted by Gasteiger charge is 2.09. The third-order valence-corrected chi connectivity index (χ3v) is 2.61. The lowest BCUT2D eigenvalue weighted by atomic mass is 10.1. The highest BCUT2D eigenvalue weighted by atomic mass is 16.5. The van der Waals surface area contributed by atoms with Gasteiger partial charge in [0, 0.05) is 0 Å². The van der Waals surface area contributed by atoms with Gasteiger partial charge in [-0.2, -0.15) is 10.5 Å². The minimum atomic E-state index is -0.719. The molecule has 0 fully saturated rings. The molecule has 0 aromatic heterocycles. The number of nitriles is 2. The lowest BCUT2D eigenvalue weighted by Crippen LogP contribution is -2.02. The number of benzene rings is 1. The van der Waals surface area contributed by atoms with E-state index in [1.807, 2.05) is 0 Å². The molecular formula is C16H12N2O4. The van der Waals surface area contributed by atoms with E-state index in [9.17, 15) is 9.59 Å². The predicted molar refractivity (Wildman–Crippen MR) is 77.7 cm³/mol. The number of esters is 2. The zero-order valence-electron chi connectivity index (χ0n) is 12.0. The molecule has 0 aliphatic heterocycles. The Labute approximate surface area is 127 Å². The number of hydrogen-bond donors (Lipinski definition) is 0. The molecule has 0 N–H and O–H groups in total. The van der Waals surface area contributed by atoms with Gasteiger partial charge in [0.2, 0.25) is 0 Å². The summed E-state index contributed by atoms with van der Waals surface area (Å²) in [5, 5.41) is 17.7. The van der Waals surface area contributed by atoms with E-state index in [1.165, 1.54) is 26.4 Å². The minimum Gasteiger partial charge on any atom is -0.465 e. The van der Waals surface area contributed by atoms with Crippen LogP contribution in [-0.4, -0.2) is 26.2 Å². The summed E-state index contributed by atoms with van der Waals surface area (Å²) in [4.78, 5) is 22.6. The fourth-order valence-electron chi connectivity index (χ4n) is 1.52. The van der Waals surface area contributed by atoms with Gasteiger partial charge in [-0.1, -0.05) is 24.3 Å². The molecule has 0 aliphatic rings. The van der Waals surface area contributed by atoms with Crippen molar-refractivity contribution >= 4 is 24.1 Å². The molecule has 0 saturated heterocycles. The molecule has 110 valence electrons. The van der Waals surface area contributed by atoms with E-state index in [4.69, 9.17) is 10.5 Å². The molecule has 22 heavy (non-hydrogen) atoms. The quantitative estimate of drug-likeness (QED) is 0.477. The number of carbonyl (C=O) groups excluding carboxylic acids is 2. The Balaban J connectivity index is 3.06. The van der Waals surface area contributed by atoms with Crippen LogP contribution >= 0.6 is 0 Å². The van der Waals surface area contributed by atoms with Crippen LogP contribution in [0.5, 0.6) is 0 Å². The van der Waals surface area contributed by atoms with Gasteiger partial charge in [0.1, 0.15) is 23.3 Å². The van der Waals surface area contributed by atoms with E-state index >= 15 is 0 Å². The van der Waals surface area contributed by atoms with Crippen molar-refractivity contribution in [3.63, 3.8) is 0 Å². The first-order chi connectivity index (χ1) is 10.5. The van der Waals surface area contributed by atoms with Gasteiger partial charge in [-0.05, 0) is 23.3 Å². The van der Waals surface area contributed by atoms with Crippen LogP contribution in [-0.2, 0) is 19.1 Å². The summed E-state index contributed by atoms with van der Waals surface area (Å²) in [6, 6.07) is 10.0. The van der Waals surface area contributed by atoms with E-state index in [-0.39, 0.29) is 11.1 Å². The molecule has 0 amide bonds. The molecule has 0 atom stereocenters. The van der Waals surface area contributed by atoms with Crippen LogP contribution in [0.1, 0.15) is 11.1 Å². The van der Waals surface area contributed by atoms with E-state index < -0.39 is 11.9 Å². The van der Waals surface area contributed by atoms with E-state index in [1.54, 1.807) is 36.4 Å². The van der Waals surface area contributed by atoms with Crippen LogP contribution in [0.2, 0.25) is 0 Å². The van der Waals surface area contributed by atoms with E-state index in [2.05, 4.69) is 9.47 Å². The first-order valence-corrected chi connectivity index (χ1v) is 6.06. The predicted octanol–water partition coefficient (Wildman–Crippen LogP) is 1.85. The van der Waals surface area contributed by atoms with Crippen molar-refractivity contribution in [2.45, 2.75) is 0 Å². The number of rotatable bonds is 4. The van der Waals surface area contributed by atoms with Crippen LogP contribution in [0.25, 0.3) is 12.2 Å². The van der Waals surface area contributed by atoms with Crippen LogP contribution in [0, 0.1) is 22.7 Å². The van der Waals surface area contributed by atoms with Gasteiger partial charge in [-0.15, -0.1) is 0 Å². The van der Waals surface area contributed by atoms with Crippen molar-refractivity contribution in [3.05, 3.63) is 46.5 Å². The molecule has 1 aromatic carbocycles. The number of carbonyl (C=O) groups is 2. The third-order valence-electron chi connectivity index (χ3n) is 2.61. The van der Waals surface area contributed by atoms with E-state index in [0.717, 1.165) is 0 Å². The molecule has 1 aromatic rings. The summed E-state index contributed by atoms with van der Waals surface area (Å²) in [5.41, 5.74) is 0.961. The topological polar surface area (TPSA) is 100 Å². The van der Waals surface area contributed by atoms with Gasteiger partial charge in [-0.25, -0.2) is 9.59 Å². The smallest absolute Gasteiger partial charge is 0.348 e. The van der Waals surface area contributed by atoms with Gasteiger partial charge in [0.25, 0.3) is 0 Å². The molecule has 0 radical (unpaired) electrons. The second-order valence-electron chi connectivity index (χ2n) is 3.99. The van der Waals surface area contributed by atoms with Gasteiger partial charge in [-0.3, -0.25) is 0 Å². The van der Waals surface area contributed by atoms with Crippen molar-refractivity contribution < 1.29 is 19.1 Å². The molecule has 0 spiro atoms. The van der Waals surface area contributed by atoms with Crippen molar-refractivity contribution in [2.75, 3.05) is 14.2 Å². The summed E-state index contributed by atoms with van der Waals surface area (Å²) in [6.45, 7) is 0. The van der Waals surface area contributed by atoms with Gasteiger partial charge in [0.15, 0.2) is 0 Å². The Morgan fingerprint density at radius 3 is 1.41 bits per heavy atom. The largest absolute Gasteiger partial charge is 0.465 e. The van der Waals surface area contributed by atoms with Crippen LogP contribution in [0.15, 0.2) is 35.4 Å². The average Bonchev–Trinajstić information content (AvgIpc) is 2.57. The monoisotopic (exact) mass is 296 g/mol. The SMILES string of the molecule is COC(=O)C(C#N)=Cc1ccc(C=C(C#N)C(=O)OC)cc1. The van der Waals surface area contributed by atoms with Crippen molar-refractivity contribution in [3.8, 4) is 12.1 Å². The van der Waals surface area contributed by atoms with Crippen LogP contribution in [0.3, 0.4) is 0 Å². The lowest BCUT2D eigenvalue weighted by molar-refractivity contribution is -0.136. The summed E-state index contributed by atoms with van der Waals surface area (Å²) in [6.07, 6.45) is 2.76. The van der Waals surface area contributed by atoms with E-state index in [0.29, 0.717) is 11.1 Å². The second kappa shape index (κ2) is 8.03. The maximum absolute atomic E-state index is 11.3. The minimum absolute atomic E-state index is 0.127. The Morgan fingerprint density at radius 2 is 1.18 bits per heavy atom. The first-order valence-electron chi connectivity index (χ1n) is 6.06. The summed E-state index contributed by atoms with van der Waals surface area (Å²) in [5.74, 6) is -1.44. The van der Waals surface area contributed by atoms with Crippen LogP contribution in [0.4, 0.5) is 0 Å². The highest BCUT2D eigenvalue weighted by molar-refractivity contribution is 5.98. The van der Waals surface area contributed by atoms with Crippen molar-refractivity contribution in [1.29, 1.82) is 10.5 Å². The zero-order chi connectivity index (χ0) is 16.5. The Morgan fingerprint density at radius 1 is 0.864 bits per heavy atom. The lowest BCUT2D eigenvalue weighted by Gasteiger charge is -2.00. The molecule has 0 heterocycles. The Kier molecular flexibility index (Phi) is 6.09. The van der Waals surface area contributed by atoms with Gasteiger partial charge >= 0.3 is 11.9 Å². The molecule has 0 saturated carbocycles. The molecule has 1 rings (SSSR count). The standard InChI is InChI=1S/C16H12N2O4/c1-21-15(19)13(9-17)7-11-3-5-12(6-4-11)8-14(10-18)16(20)22-2/h3-8H,1-2H3. The highest BCUT2D eigenvalue weighted by Crippen LogP contribution is 2.13. The number of hydrogen-bond acceptors (Lipinski definition) is 6. The normalized spacial score (nSPS) is 11.1. The first kappa shape index (κ1) is 16.7. The summed E-state index contributed by atoms with van der Waals surface area (Å²) >= 11 is 0. The Hall–Kier alpha value is -3.38. The molecule has 0 aliphatic carbocycles. The molecule has 0 bridgehead atoms. The third kappa shape index (κ3) is 4.32. The maximum Gasteiger partial charge on any atom is 0.348 e. The number of nitrogens with zero attached hydrogens (tertiary/aromatic N) is 2. The summed E-state index contributed by atoms with van der Waals surface area (Å²) in [7, 11) is 2.38. The van der Waals surface area contributed by atoms with Gasteiger partial charge < -0.3 is 9.47 Å². The molecule has 6 nitrogen and oxygen atoms in total. The zero-order valence-corrected chi connectivity index (χ0v) is 12.0. The Bertz CT molecular complexity index is 653. The van der Waals surface area contributed by atoms with Crippen LogP contribution < -0.4 is 0 Å². The molecular weight excluding hydrogens is 284 g/mol. The number of methoxy groups -OCH3 is 2. The number of ether oxygens (including phenoxy) is 2. The maximum atomic E-state index is 11.3. The molecule has 0 unspecified atom stereocenters. The van der Waals surface area contributed by atoms with Gasteiger partial charge in [0.05, 0.1) is 14.2 Å². The average molecular weight is 296 g/mol. The van der Waals surface area contributed by atoms with Crippen molar-refractivity contribution in [1.82, 2.24) is 0 Å².